The van der Waals surface area contributed by atoms with Crippen LogP contribution in [-0.4, -0.2) is 42.0 Å². The van der Waals surface area contributed by atoms with Gasteiger partial charge in [0.05, 0.1) is 15.9 Å². The summed E-state index contributed by atoms with van der Waals surface area (Å²) in [6.07, 6.45) is 0. The molecule has 0 bridgehead atoms. The van der Waals surface area contributed by atoms with Crippen molar-refractivity contribution in [2.24, 2.45) is 0 Å². The molecule has 1 aliphatic rings. The largest absolute Gasteiger partial charge is 0.348 e. The van der Waals surface area contributed by atoms with E-state index in [0.717, 1.165) is 6.07 Å². The maximum absolute atomic E-state index is 14.3. The fourth-order valence-corrected chi connectivity index (χ4v) is 2.61. The summed E-state index contributed by atoms with van der Waals surface area (Å²) >= 11 is 5.77. The number of hydrogen-bond donors (Lipinski definition) is 2. The first-order valence-corrected chi connectivity index (χ1v) is 6.62. The van der Waals surface area contributed by atoms with Gasteiger partial charge in [-0.05, 0) is 12.1 Å². The Kier molecular flexibility index (Phi) is 3.35. The van der Waals surface area contributed by atoms with E-state index >= 15 is 0 Å². The zero-order chi connectivity index (χ0) is 14.3. The topological polar surface area (TPSA) is 48.1 Å². The summed E-state index contributed by atoms with van der Waals surface area (Å²) in [6, 6.07) is 2.51. The summed E-state index contributed by atoms with van der Waals surface area (Å²) in [7, 11) is 0. The van der Waals surface area contributed by atoms with Crippen molar-refractivity contribution >= 4 is 28.4 Å². The number of nitrogens with zero attached hydrogens (tertiary/aromatic N) is 1. The Balaban J connectivity index is 2.06. The smallest absolute Gasteiger partial charge is 0.273 e. The molecule has 20 heavy (non-hydrogen) atoms. The van der Waals surface area contributed by atoms with E-state index in [0.29, 0.717) is 31.7 Å². The van der Waals surface area contributed by atoms with Crippen molar-refractivity contribution in [1.29, 1.82) is 0 Å². The predicted molar refractivity (Wildman–Crippen MR) is 72.0 cm³/mol. The van der Waals surface area contributed by atoms with Crippen LogP contribution in [0.1, 0.15) is 10.5 Å². The van der Waals surface area contributed by atoms with Gasteiger partial charge in [-0.1, -0.05) is 11.6 Å². The standard InChI is InChI=1S/C13H12ClF2N3O/c14-10-7(15)1-2-8-9(10)11(16)12(18-8)13(20)19-5-3-17-4-6-19/h1-2,17-18H,3-6H2. The first-order chi connectivity index (χ1) is 9.59. The summed E-state index contributed by atoms with van der Waals surface area (Å²) in [5.74, 6) is -1.94. The molecular weight excluding hydrogens is 288 g/mol. The normalized spacial score (nSPS) is 15.8. The van der Waals surface area contributed by atoms with Crippen LogP contribution in [0.15, 0.2) is 12.1 Å². The average molecular weight is 300 g/mol. The van der Waals surface area contributed by atoms with Crippen LogP contribution in [0.25, 0.3) is 10.9 Å². The Hall–Kier alpha value is -1.66. The molecule has 0 spiro atoms. The molecule has 2 aromatic rings. The van der Waals surface area contributed by atoms with E-state index in [2.05, 4.69) is 10.3 Å². The third-order valence-electron chi connectivity index (χ3n) is 3.41. The van der Waals surface area contributed by atoms with Crippen molar-refractivity contribution in [3.05, 3.63) is 34.5 Å². The third kappa shape index (κ3) is 2.05. The first-order valence-electron chi connectivity index (χ1n) is 6.24. The third-order valence-corrected chi connectivity index (χ3v) is 3.78. The molecule has 4 nitrogen and oxygen atoms in total. The summed E-state index contributed by atoms with van der Waals surface area (Å²) in [5.41, 5.74) is 0.141. The van der Waals surface area contributed by atoms with Gasteiger partial charge in [0.2, 0.25) is 0 Å². The van der Waals surface area contributed by atoms with Gasteiger partial charge in [0.1, 0.15) is 11.5 Å². The van der Waals surface area contributed by atoms with Crippen molar-refractivity contribution in [1.82, 2.24) is 15.2 Å². The van der Waals surface area contributed by atoms with E-state index in [-0.39, 0.29) is 16.1 Å². The molecular formula is C13H12ClF2N3O. The van der Waals surface area contributed by atoms with Gasteiger partial charge in [0.25, 0.3) is 5.91 Å². The second-order valence-corrected chi connectivity index (χ2v) is 5.02. The maximum Gasteiger partial charge on any atom is 0.273 e. The summed E-state index contributed by atoms with van der Waals surface area (Å²) in [6.45, 7) is 2.36. The highest BCUT2D eigenvalue weighted by Crippen LogP contribution is 2.30. The zero-order valence-corrected chi connectivity index (χ0v) is 11.2. The van der Waals surface area contributed by atoms with Crippen LogP contribution in [0.3, 0.4) is 0 Å². The molecule has 1 aromatic carbocycles. The van der Waals surface area contributed by atoms with E-state index < -0.39 is 17.5 Å². The van der Waals surface area contributed by atoms with Crippen LogP contribution in [0, 0.1) is 11.6 Å². The van der Waals surface area contributed by atoms with E-state index in [1.54, 1.807) is 4.90 Å². The monoisotopic (exact) mass is 299 g/mol. The Labute approximate surface area is 118 Å². The van der Waals surface area contributed by atoms with E-state index in [1.165, 1.54) is 6.07 Å². The molecule has 1 aromatic heterocycles. The van der Waals surface area contributed by atoms with Crippen molar-refractivity contribution in [3.63, 3.8) is 0 Å². The minimum Gasteiger partial charge on any atom is -0.348 e. The van der Waals surface area contributed by atoms with Crippen LogP contribution in [0.4, 0.5) is 8.78 Å². The molecule has 0 atom stereocenters. The number of rotatable bonds is 1. The second kappa shape index (κ2) is 5.03. The molecule has 7 heteroatoms. The van der Waals surface area contributed by atoms with Crippen molar-refractivity contribution in [2.75, 3.05) is 26.2 Å². The van der Waals surface area contributed by atoms with Crippen molar-refractivity contribution < 1.29 is 13.6 Å². The second-order valence-electron chi connectivity index (χ2n) is 4.64. The molecule has 2 heterocycles. The number of carbonyl (C=O) groups excluding carboxylic acids is 1. The van der Waals surface area contributed by atoms with Crippen LogP contribution in [-0.2, 0) is 0 Å². The number of amides is 1. The SMILES string of the molecule is O=C(c1[nH]c2ccc(F)c(Cl)c2c1F)N1CCNCC1. The summed E-state index contributed by atoms with van der Waals surface area (Å²) in [5, 5.41) is 2.72. The average Bonchev–Trinajstić information content (AvgIpc) is 2.81. The number of hydrogen-bond acceptors (Lipinski definition) is 2. The minimum atomic E-state index is -0.798. The van der Waals surface area contributed by atoms with Gasteiger partial charge < -0.3 is 15.2 Å². The van der Waals surface area contributed by atoms with Gasteiger partial charge >= 0.3 is 0 Å². The lowest BCUT2D eigenvalue weighted by atomic mass is 10.2. The van der Waals surface area contributed by atoms with Gasteiger partial charge in [0.15, 0.2) is 5.82 Å². The molecule has 0 saturated carbocycles. The fourth-order valence-electron chi connectivity index (χ4n) is 2.36. The number of halogens is 3. The molecule has 0 aliphatic carbocycles. The van der Waals surface area contributed by atoms with Crippen LogP contribution >= 0.6 is 11.6 Å². The highest BCUT2D eigenvalue weighted by molar-refractivity contribution is 6.35. The lowest BCUT2D eigenvalue weighted by Gasteiger charge is -2.26. The van der Waals surface area contributed by atoms with Gasteiger partial charge in [-0.3, -0.25) is 4.79 Å². The summed E-state index contributed by atoms with van der Waals surface area (Å²) in [4.78, 5) is 16.5. The quantitative estimate of drug-likeness (QED) is 0.847. The number of carbonyl (C=O) groups is 1. The predicted octanol–water partition coefficient (Wildman–Crippen LogP) is 2.14. The molecule has 0 unspecified atom stereocenters. The Morgan fingerprint density at radius 3 is 2.65 bits per heavy atom. The zero-order valence-electron chi connectivity index (χ0n) is 10.5. The highest BCUT2D eigenvalue weighted by Gasteiger charge is 2.25. The molecule has 1 amide bonds. The van der Waals surface area contributed by atoms with Crippen LogP contribution in [0.5, 0.6) is 0 Å². The number of benzene rings is 1. The first kappa shape index (κ1) is 13.3. The molecule has 2 N–H and O–H groups in total. The number of nitrogens with one attached hydrogen (secondary N) is 2. The van der Waals surface area contributed by atoms with Crippen molar-refractivity contribution in [2.45, 2.75) is 0 Å². The number of aromatic nitrogens is 1. The van der Waals surface area contributed by atoms with Gasteiger partial charge in [0, 0.05) is 26.2 Å². The lowest BCUT2D eigenvalue weighted by Crippen LogP contribution is -2.46. The molecule has 1 fully saturated rings. The number of fused-ring (bicyclic) bond motifs is 1. The Morgan fingerprint density at radius 2 is 1.95 bits per heavy atom. The number of H-pyrrole nitrogens is 1. The highest BCUT2D eigenvalue weighted by atomic mass is 35.5. The van der Waals surface area contributed by atoms with Crippen molar-refractivity contribution in [3.8, 4) is 0 Å². The molecule has 1 saturated heterocycles. The van der Waals surface area contributed by atoms with E-state index in [9.17, 15) is 13.6 Å². The molecule has 1 aliphatic heterocycles. The van der Waals surface area contributed by atoms with Gasteiger partial charge in [-0.2, -0.15) is 0 Å². The maximum atomic E-state index is 14.3. The van der Waals surface area contributed by atoms with Gasteiger partial charge in [-0.25, -0.2) is 8.78 Å². The lowest BCUT2D eigenvalue weighted by molar-refractivity contribution is 0.0726. The number of piperazine rings is 1. The van der Waals surface area contributed by atoms with Gasteiger partial charge in [-0.15, -0.1) is 0 Å². The molecule has 3 rings (SSSR count). The van der Waals surface area contributed by atoms with E-state index in [1.807, 2.05) is 0 Å². The minimum absolute atomic E-state index is 0.0786. The fraction of sp³-hybridized carbons (Fsp3) is 0.308. The van der Waals surface area contributed by atoms with Crippen LogP contribution in [0.2, 0.25) is 5.02 Å². The van der Waals surface area contributed by atoms with E-state index in [4.69, 9.17) is 11.6 Å². The van der Waals surface area contributed by atoms with Crippen LogP contribution < -0.4 is 5.32 Å². The number of aromatic amines is 1. The Morgan fingerprint density at radius 1 is 1.25 bits per heavy atom. The molecule has 106 valence electrons. The Bertz CT molecular complexity index is 680. The summed E-state index contributed by atoms with van der Waals surface area (Å²) < 4.78 is 27.7. The molecule has 0 radical (unpaired) electrons.